The number of aromatic nitrogens is 1. The molecule has 190 valence electrons. The highest BCUT2D eigenvalue weighted by Crippen LogP contribution is 2.68. The maximum Gasteiger partial charge on any atom is 0.166 e. The van der Waals surface area contributed by atoms with Gasteiger partial charge in [-0.05, 0) is 36.1 Å². The molecule has 5 atom stereocenters. The average Bonchev–Trinajstić information content (AvgIpc) is 3.43. The number of para-hydroxylation sites is 1. The van der Waals surface area contributed by atoms with Crippen LogP contribution in [0, 0.1) is 5.92 Å². The van der Waals surface area contributed by atoms with Gasteiger partial charge in [0.1, 0.15) is 11.6 Å². The number of rotatable bonds is 3. The van der Waals surface area contributed by atoms with E-state index in [4.69, 9.17) is 9.47 Å². The number of fused-ring (bicyclic) bond motifs is 4. The van der Waals surface area contributed by atoms with E-state index in [1.54, 1.807) is 4.90 Å². The number of phenolic OH excluding ortho intramolecular Hbond substituents is 1. The number of phenols is 1. The molecule has 1 saturated carbocycles. The van der Waals surface area contributed by atoms with Crippen molar-refractivity contribution in [3.63, 3.8) is 0 Å². The molecule has 1 unspecified atom stereocenters. The Morgan fingerprint density at radius 2 is 1.97 bits per heavy atom. The summed E-state index contributed by atoms with van der Waals surface area (Å²) in [5, 5.41) is 12.2. The first-order valence-electron chi connectivity index (χ1n) is 13.7. The van der Waals surface area contributed by atoms with Gasteiger partial charge in [-0.15, -0.1) is 0 Å². The molecule has 3 heterocycles. The first-order chi connectivity index (χ1) is 17.2. The molecule has 36 heavy (non-hydrogen) atoms. The predicted molar refractivity (Wildman–Crippen MR) is 134 cm³/mol. The molecule has 2 fully saturated rings. The molecule has 1 saturated heterocycles. The second-order valence-electron chi connectivity index (χ2n) is 11.9. The molecule has 2 aromatic carbocycles. The van der Waals surface area contributed by atoms with Gasteiger partial charge in [0.15, 0.2) is 17.6 Å². The molecule has 5 nitrogen and oxygen atoms in total. The molecule has 2 bridgehead atoms. The van der Waals surface area contributed by atoms with Gasteiger partial charge in [-0.3, -0.25) is 0 Å². The molecule has 2 aliphatic heterocycles. The number of nitrogens with one attached hydrogen (secondary N) is 2. The normalized spacial score (nSPS) is 34.0. The van der Waals surface area contributed by atoms with Crippen molar-refractivity contribution < 1.29 is 36.5 Å². The molecule has 6 heteroatoms. The first-order valence-corrected chi connectivity index (χ1v) is 13.7. The lowest BCUT2D eigenvalue weighted by atomic mass is 9.48. The summed E-state index contributed by atoms with van der Waals surface area (Å²) in [7, 11) is 1.95. The Morgan fingerprint density at radius 1 is 1.14 bits per heavy atom. The quantitative estimate of drug-likeness (QED) is 0.455. The molecular weight excluding hydrogens is 516 g/mol. The van der Waals surface area contributed by atoms with Crippen molar-refractivity contribution in [3.8, 4) is 11.5 Å². The Hall–Kier alpha value is -2.02. The molecule has 3 aliphatic carbocycles. The van der Waals surface area contributed by atoms with Crippen molar-refractivity contribution in [2.75, 3.05) is 20.2 Å². The fourth-order valence-corrected chi connectivity index (χ4v) is 9.23. The fraction of sp³-hybridized carbons (Fsp3) is 0.533. The van der Waals surface area contributed by atoms with Crippen LogP contribution in [0.4, 0.5) is 0 Å². The van der Waals surface area contributed by atoms with Gasteiger partial charge >= 0.3 is 0 Å². The largest absolute Gasteiger partial charge is 1.00 e. The third-order valence-corrected chi connectivity index (χ3v) is 10.6. The number of methoxy groups -OCH3 is 1. The number of hydrogen-bond acceptors (Lipinski definition) is 3. The van der Waals surface area contributed by atoms with Crippen LogP contribution < -0.4 is 26.6 Å². The lowest BCUT2D eigenvalue weighted by Crippen LogP contribution is -3.22. The van der Waals surface area contributed by atoms with Gasteiger partial charge in [-0.25, -0.2) is 0 Å². The minimum atomic E-state index is -0.343. The SMILES string of the molecule is CO[C@@]12Cc3c([nH]c4ccccc34)[C@@H]3Oc4c(O)ccc5c4[C@@]31CC[NH+](CC1CCCCC1)[C@H]2C5.[Br-]. The van der Waals surface area contributed by atoms with Crippen LogP contribution >= 0.6 is 0 Å². The van der Waals surface area contributed by atoms with Crippen LogP contribution in [0.25, 0.3) is 10.9 Å². The number of ether oxygens (including phenoxy) is 2. The third kappa shape index (κ3) is 2.68. The molecule has 5 aliphatic rings. The van der Waals surface area contributed by atoms with E-state index in [0.29, 0.717) is 11.8 Å². The van der Waals surface area contributed by atoms with E-state index in [-0.39, 0.29) is 39.9 Å². The summed E-state index contributed by atoms with van der Waals surface area (Å²) in [6, 6.07) is 13.1. The zero-order valence-corrected chi connectivity index (χ0v) is 22.5. The lowest BCUT2D eigenvalue weighted by Gasteiger charge is -2.62. The molecular formula is C30H35BrN2O3. The van der Waals surface area contributed by atoms with E-state index >= 15 is 0 Å². The number of halogens is 1. The topological polar surface area (TPSA) is 58.9 Å². The molecule has 0 radical (unpaired) electrons. The second-order valence-corrected chi connectivity index (χ2v) is 11.9. The molecule has 3 N–H and O–H groups in total. The number of likely N-dealkylation sites (tertiary alicyclic amines) is 1. The van der Waals surface area contributed by atoms with E-state index in [0.717, 1.165) is 31.7 Å². The smallest absolute Gasteiger partial charge is 0.166 e. The van der Waals surface area contributed by atoms with Crippen molar-refractivity contribution >= 4 is 10.9 Å². The zero-order chi connectivity index (χ0) is 23.4. The Labute approximate surface area is 222 Å². The van der Waals surface area contributed by atoms with Crippen molar-refractivity contribution in [1.82, 2.24) is 4.98 Å². The van der Waals surface area contributed by atoms with Crippen LogP contribution in [0.3, 0.4) is 0 Å². The van der Waals surface area contributed by atoms with Crippen LogP contribution in [-0.4, -0.2) is 41.9 Å². The van der Waals surface area contributed by atoms with E-state index in [1.165, 1.54) is 71.9 Å². The van der Waals surface area contributed by atoms with Crippen LogP contribution in [0.2, 0.25) is 0 Å². The summed E-state index contributed by atoms with van der Waals surface area (Å²) in [6.07, 6.45) is 9.72. The van der Waals surface area contributed by atoms with E-state index < -0.39 is 0 Å². The number of benzene rings is 2. The van der Waals surface area contributed by atoms with Gasteiger partial charge in [0.05, 0.1) is 24.2 Å². The standard InChI is InChI=1S/C30H34N2O3.BrH/c1-34-30-16-21-20-9-5-6-10-22(20)31-26(21)28-29(30)13-14-32(17-18-7-3-2-4-8-18)24(30)15-19-11-12-23(33)27(35-28)25(19)29;/h5-6,9-12,18,24,28,31,33H,2-4,7-8,13-17H2,1H3;1H/t24-,28-,29-,30+;/m0./s1. The number of piperidine rings is 1. The highest BCUT2D eigenvalue weighted by atomic mass is 79.9. The van der Waals surface area contributed by atoms with Crippen molar-refractivity contribution in [1.29, 1.82) is 0 Å². The monoisotopic (exact) mass is 550 g/mol. The van der Waals surface area contributed by atoms with E-state index in [2.05, 4.69) is 35.3 Å². The average molecular weight is 552 g/mol. The van der Waals surface area contributed by atoms with Gasteiger partial charge in [-0.1, -0.05) is 43.5 Å². The third-order valence-electron chi connectivity index (χ3n) is 10.6. The van der Waals surface area contributed by atoms with Crippen LogP contribution in [0.1, 0.15) is 67.0 Å². The van der Waals surface area contributed by atoms with Crippen molar-refractivity contribution in [3.05, 3.63) is 58.8 Å². The zero-order valence-electron chi connectivity index (χ0n) is 20.9. The first kappa shape index (κ1) is 23.1. The minimum Gasteiger partial charge on any atom is -1.00 e. The van der Waals surface area contributed by atoms with Crippen molar-refractivity contribution in [2.45, 2.75) is 74.5 Å². The number of H-pyrrole nitrogens is 1. The Kier molecular flexibility index (Phi) is 5.13. The Balaban J connectivity index is 0.00000220. The number of quaternary nitrogens is 1. The van der Waals surface area contributed by atoms with Crippen molar-refractivity contribution in [2.24, 2.45) is 5.92 Å². The maximum absolute atomic E-state index is 10.9. The van der Waals surface area contributed by atoms with Gasteiger partial charge in [0.2, 0.25) is 0 Å². The number of aromatic amines is 1. The molecule has 1 spiro atoms. The van der Waals surface area contributed by atoms with Crippen LogP contribution in [0.15, 0.2) is 36.4 Å². The fourth-order valence-electron chi connectivity index (χ4n) is 9.23. The van der Waals surface area contributed by atoms with E-state index in [9.17, 15) is 5.11 Å². The van der Waals surface area contributed by atoms with Gasteiger partial charge in [-0.2, -0.15) is 0 Å². The molecule has 1 aromatic heterocycles. The predicted octanol–water partition coefficient (Wildman–Crippen LogP) is 0.984. The van der Waals surface area contributed by atoms with Crippen LogP contribution in [-0.2, 0) is 23.0 Å². The maximum atomic E-state index is 10.9. The summed E-state index contributed by atoms with van der Waals surface area (Å²) in [5.41, 5.74) is 5.70. The van der Waals surface area contributed by atoms with Gasteiger partial charge in [0, 0.05) is 48.8 Å². The molecule has 8 rings (SSSR count). The Morgan fingerprint density at radius 3 is 2.81 bits per heavy atom. The number of aromatic hydroxyl groups is 1. The summed E-state index contributed by atoms with van der Waals surface area (Å²) in [5.74, 6) is 1.81. The van der Waals surface area contributed by atoms with Crippen LogP contribution in [0.5, 0.6) is 11.5 Å². The number of hydrogen-bond donors (Lipinski definition) is 3. The van der Waals surface area contributed by atoms with E-state index in [1.807, 2.05) is 13.2 Å². The highest BCUT2D eigenvalue weighted by molar-refractivity contribution is 5.86. The van der Waals surface area contributed by atoms with Gasteiger partial charge < -0.3 is 41.4 Å². The minimum absolute atomic E-state index is 0. The van der Waals surface area contributed by atoms with Gasteiger partial charge in [0.25, 0.3) is 0 Å². The summed E-state index contributed by atoms with van der Waals surface area (Å²) in [6.45, 7) is 2.41. The summed E-state index contributed by atoms with van der Waals surface area (Å²) >= 11 is 0. The Bertz CT molecular complexity index is 1350. The summed E-state index contributed by atoms with van der Waals surface area (Å²) in [4.78, 5) is 5.49. The second kappa shape index (κ2) is 7.99. The lowest BCUT2D eigenvalue weighted by molar-refractivity contribution is -0.945. The summed E-state index contributed by atoms with van der Waals surface area (Å²) < 4.78 is 13.6. The highest BCUT2D eigenvalue weighted by Gasteiger charge is 2.75. The molecule has 3 aromatic rings. The molecule has 0 amide bonds.